The van der Waals surface area contributed by atoms with Crippen molar-refractivity contribution in [3.05, 3.63) is 65.7 Å². The monoisotopic (exact) mass is 289 g/mol. The molecule has 0 saturated carbocycles. The molecule has 5 heteroatoms. The third kappa shape index (κ3) is 3.24. The van der Waals surface area contributed by atoms with Crippen LogP contribution in [0.25, 0.3) is 0 Å². The molecular formula is C15H15NO3S. The van der Waals surface area contributed by atoms with Gasteiger partial charge in [0.05, 0.1) is 12.0 Å². The van der Waals surface area contributed by atoms with Gasteiger partial charge in [-0.2, -0.15) is 8.42 Å². The van der Waals surface area contributed by atoms with Gasteiger partial charge in [0, 0.05) is 5.56 Å². The maximum absolute atomic E-state index is 12.2. The van der Waals surface area contributed by atoms with E-state index in [1.165, 1.54) is 19.2 Å². The van der Waals surface area contributed by atoms with Gasteiger partial charge in [-0.25, -0.2) is 0 Å². The fourth-order valence-electron chi connectivity index (χ4n) is 1.66. The summed E-state index contributed by atoms with van der Waals surface area (Å²) >= 11 is 0. The van der Waals surface area contributed by atoms with Crippen LogP contribution in [0.15, 0.2) is 63.9 Å². The van der Waals surface area contributed by atoms with E-state index in [1.54, 1.807) is 36.4 Å². The van der Waals surface area contributed by atoms with Gasteiger partial charge in [0.2, 0.25) is 5.90 Å². The van der Waals surface area contributed by atoms with Crippen molar-refractivity contribution >= 4 is 15.9 Å². The Balaban J connectivity index is 2.43. The molecule has 0 aliphatic rings. The first-order valence-electron chi connectivity index (χ1n) is 6.04. The molecule has 0 radical (unpaired) electrons. The van der Waals surface area contributed by atoms with E-state index in [1.807, 2.05) is 13.0 Å². The molecule has 0 aliphatic carbocycles. The van der Waals surface area contributed by atoms with E-state index >= 15 is 0 Å². The molecule has 4 nitrogen and oxygen atoms in total. The smallest absolute Gasteiger partial charge is 0.285 e. The van der Waals surface area contributed by atoms with E-state index in [9.17, 15) is 8.42 Å². The number of rotatable bonds is 3. The predicted octanol–water partition coefficient (Wildman–Crippen LogP) is 2.78. The molecule has 0 unspecified atom stereocenters. The molecule has 104 valence electrons. The van der Waals surface area contributed by atoms with Crippen LogP contribution < -0.4 is 0 Å². The molecular weight excluding hydrogens is 274 g/mol. The van der Waals surface area contributed by atoms with Crippen LogP contribution in [-0.2, 0) is 14.8 Å². The zero-order chi connectivity index (χ0) is 14.6. The Kier molecular flexibility index (Phi) is 4.20. The number of ether oxygens (including phenoxy) is 1. The summed E-state index contributed by atoms with van der Waals surface area (Å²) in [4.78, 5) is 0.147. The minimum atomic E-state index is -3.77. The second-order valence-electron chi connectivity index (χ2n) is 4.25. The first kappa shape index (κ1) is 14.3. The molecule has 0 heterocycles. The zero-order valence-corrected chi connectivity index (χ0v) is 12.1. The normalized spacial score (nSPS) is 12.2. The molecule has 20 heavy (non-hydrogen) atoms. The quantitative estimate of drug-likeness (QED) is 0.645. The summed E-state index contributed by atoms with van der Waals surface area (Å²) in [5, 5.41) is 0. The Morgan fingerprint density at radius 3 is 2.15 bits per heavy atom. The van der Waals surface area contributed by atoms with E-state index in [4.69, 9.17) is 4.74 Å². The van der Waals surface area contributed by atoms with Gasteiger partial charge < -0.3 is 4.74 Å². The van der Waals surface area contributed by atoms with Crippen LogP contribution >= 0.6 is 0 Å². The number of nitrogens with zero attached hydrogens (tertiary/aromatic N) is 1. The number of benzene rings is 2. The van der Waals surface area contributed by atoms with Crippen molar-refractivity contribution < 1.29 is 13.2 Å². The number of hydrogen-bond acceptors (Lipinski definition) is 3. The van der Waals surface area contributed by atoms with E-state index in [-0.39, 0.29) is 10.8 Å². The zero-order valence-electron chi connectivity index (χ0n) is 11.3. The first-order valence-corrected chi connectivity index (χ1v) is 7.48. The van der Waals surface area contributed by atoms with Crippen molar-refractivity contribution in [1.82, 2.24) is 0 Å². The Labute approximate surface area is 118 Å². The molecule has 2 aromatic carbocycles. The minimum absolute atomic E-state index is 0.0752. The summed E-state index contributed by atoms with van der Waals surface area (Å²) in [6.07, 6.45) is 0. The lowest BCUT2D eigenvalue weighted by molar-refractivity contribution is 0.405. The average molecular weight is 289 g/mol. The van der Waals surface area contributed by atoms with Crippen molar-refractivity contribution in [2.75, 3.05) is 7.11 Å². The fourth-order valence-corrected chi connectivity index (χ4v) is 2.64. The van der Waals surface area contributed by atoms with Crippen molar-refractivity contribution in [2.45, 2.75) is 11.8 Å². The van der Waals surface area contributed by atoms with Gasteiger partial charge in [0.15, 0.2) is 0 Å². The molecule has 0 aromatic heterocycles. The van der Waals surface area contributed by atoms with Crippen LogP contribution in [0.1, 0.15) is 11.1 Å². The predicted molar refractivity (Wildman–Crippen MR) is 78.4 cm³/mol. The van der Waals surface area contributed by atoms with Gasteiger partial charge in [-0.3, -0.25) is 0 Å². The van der Waals surface area contributed by atoms with E-state index in [0.717, 1.165) is 5.56 Å². The van der Waals surface area contributed by atoms with Crippen LogP contribution in [0.2, 0.25) is 0 Å². The summed E-state index contributed by atoms with van der Waals surface area (Å²) in [5.74, 6) is 0.0752. The maximum atomic E-state index is 12.2. The molecule has 0 bridgehead atoms. The van der Waals surface area contributed by atoms with Crippen LogP contribution in [0, 0.1) is 6.92 Å². The number of methoxy groups -OCH3 is 1. The molecule has 0 N–H and O–H groups in total. The molecule has 2 aromatic rings. The summed E-state index contributed by atoms with van der Waals surface area (Å²) in [7, 11) is -2.37. The van der Waals surface area contributed by atoms with Crippen LogP contribution in [0.5, 0.6) is 0 Å². The lowest BCUT2D eigenvalue weighted by Crippen LogP contribution is -2.08. The summed E-state index contributed by atoms with van der Waals surface area (Å²) in [6, 6.07) is 15.4. The van der Waals surface area contributed by atoms with E-state index in [2.05, 4.69) is 4.40 Å². The number of aryl methyl sites for hydroxylation is 1. The third-order valence-electron chi connectivity index (χ3n) is 2.74. The lowest BCUT2D eigenvalue weighted by atomic mass is 10.2. The highest BCUT2D eigenvalue weighted by Gasteiger charge is 2.15. The van der Waals surface area contributed by atoms with Crippen molar-refractivity contribution in [1.29, 1.82) is 0 Å². The highest BCUT2D eigenvalue weighted by molar-refractivity contribution is 7.90. The standard InChI is InChI=1S/C15H15NO3S/c1-12-8-10-14(11-9-12)20(17,18)16-15(19-2)13-6-4-3-5-7-13/h3-11H,1-2H3/b16-15-. The summed E-state index contributed by atoms with van der Waals surface area (Å²) in [6.45, 7) is 1.89. The van der Waals surface area contributed by atoms with Gasteiger partial charge >= 0.3 is 0 Å². The number of hydrogen-bond donors (Lipinski definition) is 0. The van der Waals surface area contributed by atoms with Gasteiger partial charge in [0.1, 0.15) is 0 Å². The third-order valence-corrected chi connectivity index (χ3v) is 4.01. The largest absolute Gasteiger partial charge is 0.480 e. The molecule has 0 amide bonds. The fraction of sp³-hybridized carbons (Fsp3) is 0.133. The molecule has 2 rings (SSSR count). The topological polar surface area (TPSA) is 55.7 Å². The highest BCUT2D eigenvalue weighted by atomic mass is 32.2. The first-order chi connectivity index (χ1) is 9.53. The SMILES string of the molecule is CO/C(=N\S(=O)(=O)c1ccc(C)cc1)c1ccccc1. The van der Waals surface area contributed by atoms with Crippen LogP contribution in [-0.4, -0.2) is 21.4 Å². The Morgan fingerprint density at radius 2 is 1.60 bits per heavy atom. The minimum Gasteiger partial charge on any atom is -0.480 e. The highest BCUT2D eigenvalue weighted by Crippen LogP contribution is 2.15. The van der Waals surface area contributed by atoms with Gasteiger partial charge in [-0.1, -0.05) is 35.9 Å². The van der Waals surface area contributed by atoms with E-state index in [0.29, 0.717) is 5.56 Å². The maximum Gasteiger partial charge on any atom is 0.285 e. The van der Waals surface area contributed by atoms with Crippen molar-refractivity contribution in [3.8, 4) is 0 Å². The lowest BCUT2D eigenvalue weighted by Gasteiger charge is -2.05. The Bertz CT molecular complexity index is 705. The Hall–Kier alpha value is -2.14. The molecule has 0 atom stereocenters. The summed E-state index contributed by atoms with van der Waals surface area (Å²) < 4.78 is 33.3. The average Bonchev–Trinajstić information content (AvgIpc) is 2.46. The van der Waals surface area contributed by atoms with E-state index < -0.39 is 10.0 Å². The second-order valence-corrected chi connectivity index (χ2v) is 5.86. The van der Waals surface area contributed by atoms with Gasteiger partial charge in [-0.15, -0.1) is 4.40 Å². The molecule has 0 spiro atoms. The number of sulfonamides is 1. The molecule has 0 aliphatic heterocycles. The van der Waals surface area contributed by atoms with Gasteiger partial charge in [-0.05, 0) is 31.2 Å². The van der Waals surface area contributed by atoms with Crippen molar-refractivity contribution in [2.24, 2.45) is 4.40 Å². The molecule has 0 fully saturated rings. The van der Waals surface area contributed by atoms with Crippen LogP contribution in [0.3, 0.4) is 0 Å². The van der Waals surface area contributed by atoms with Crippen LogP contribution in [0.4, 0.5) is 0 Å². The summed E-state index contributed by atoms with van der Waals surface area (Å²) in [5.41, 5.74) is 1.61. The Morgan fingerprint density at radius 1 is 1.00 bits per heavy atom. The van der Waals surface area contributed by atoms with Gasteiger partial charge in [0.25, 0.3) is 10.0 Å². The molecule has 0 saturated heterocycles. The van der Waals surface area contributed by atoms with Crippen molar-refractivity contribution in [3.63, 3.8) is 0 Å². The second kappa shape index (κ2) is 5.88.